The number of aliphatic imine (C=N–C) groups is 1. The lowest BCUT2D eigenvalue weighted by molar-refractivity contribution is 0.572. The minimum atomic E-state index is 0. The molecule has 3 rings (SSSR count). The van der Waals surface area contributed by atoms with E-state index >= 15 is 0 Å². The summed E-state index contributed by atoms with van der Waals surface area (Å²) in [5.41, 5.74) is 10.9. The number of nitrogens with two attached hydrogens (primary N) is 1. The van der Waals surface area contributed by atoms with Gasteiger partial charge in [-0.15, -0.1) is 24.0 Å². The van der Waals surface area contributed by atoms with Gasteiger partial charge in [-0.3, -0.25) is 0 Å². The molecule has 3 N–H and O–H groups in total. The van der Waals surface area contributed by atoms with Crippen LogP contribution < -0.4 is 11.1 Å². The Morgan fingerprint density at radius 3 is 2.28 bits per heavy atom. The lowest BCUT2D eigenvalue weighted by Crippen LogP contribution is -2.22. The Hall–Kier alpha value is -2.35. The van der Waals surface area contributed by atoms with E-state index in [1.807, 2.05) is 62.4 Å². The van der Waals surface area contributed by atoms with Crippen molar-refractivity contribution < 1.29 is 4.42 Å². The molecule has 0 spiro atoms. The normalized spacial score (nSPS) is 11.0. The fourth-order valence-corrected chi connectivity index (χ4v) is 2.20. The molecule has 0 saturated heterocycles. The zero-order chi connectivity index (χ0) is 16.9. The third-order valence-electron chi connectivity index (χ3n) is 3.59. The molecular weight excluding hydrogens is 427 g/mol. The van der Waals surface area contributed by atoms with E-state index in [0.717, 1.165) is 16.9 Å². The number of rotatable bonds is 4. The number of guanidine groups is 1. The number of anilines is 1. The van der Waals surface area contributed by atoms with Crippen LogP contribution in [0.1, 0.15) is 16.8 Å². The van der Waals surface area contributed by atoms with Gasteiger partial charge in [0.15, 0.2) is 5.96 Å². The topological polar surface area (TPSA) is 76.4 Å². The molecule has 0 amide bonds. The molecule has 1 heterocycles. The summed E-state index contributed by atoms with van der Waals surface area (Å²) in [6.45, 7) is 4.45. The number of aryl methyl sites for hydroxylation is 2. The Morgan fingerprint density at radius 1 is 1.04 bits per heavy atom. The summed E-state index contributed by atoms with van der Waals surface area (Å²) in [6.07, 6.45) is 1.61. The lowest BCUT2D eigenvalue weighted by atomic mass is 10.1. The fourth-order valence-electron chi connectivity index (χ4n) is 2.20. The SMILES string of the molecule is Cc1ccc(NC(N)=NCc2coc(-c3ccc(C)cc3)n2)cc1.I. The van der Waals surface area contributed by atoms with E-state index in [2.05, 4.69) is 15.3 Å². The summed E-state index contributed by atoms with van der Waals surface area (Å²) in [5.74, 6) is 0.934. The zero-order valence-corrected chi connectivity index (χ0v) is 16.5. The van der Waals surface area contributed by atoms with Crippen molar-refractivity contribution in [1.82, 2.24) is 4.98 Å². The van der Waals surface area contributed by atoms with Crippen molar-refractivity contribution in [2.45, 2.75) is 20.4 Å². The lowest BCUT2D eigenvalue weighted by Gasteiger charge is -2.05. The minimum absolute atomic E-state index is 0. The van der Waals surface area contributed by atoms with Gasteiger partial charge < -0.3 is 15.5 Å². The molecule has 0 aliphatic rings. The highest BCUT2D eigenvalue weighted by Gasteiger charge is 2.06. The molecule has 1 aromatic heterocycles. The van der Waals surface area contributed by atoms with Crippen LogP contribution in [-0.2, 0) is 6.54 Å². The van der Waals surface area contributed by atoms with Crippen molar-refractivity contribution in [3.8, 4) is 11.5 Å². The van der Waals surface area contributed by atoms with Crippen LogP contribution >= 0.6 is 24.0 Å². The molecule has 0 atom stereocenters. The van der Waals surface area contributed by atoms with Gasteiger partial charge in [0.05, 0.1) is 6.54 Å². The largest absolute Gasteiger partial charge is 0.444 e. The third kappa shape index (κ3) is 5.32. The van der Waals surface area contributed by atoms with Gasteiger partial charge in [-0.05, 0) is 38.1 Å². The number of nitrogens with zero attached hydrogens (tertiary/aromatic N) is 2. The van der Waals surface area contributed by atoms with E-state index in [0.29, 0.717) is 18.4 Å². The maximum Gasteiger partial charge on any atom is 0.226 e. The fraction of sp³-hybridized carbons (Fsp3) is 0.158. The highest BCUT2D eigenvalue weighted by atomic mass is 127. The number of benzene rings is 2. The van der Waals surface area contributed by atoms with Crippen molar-refractivity contribution >= 4 is 35.6 Å². The predicted molar refractivity (Wildman–Crippen MR) is 112 cm³/mol. The second-order valence-electron chi connectivity index (χ2n) is 5.70. The maximum absolute atomic E-state index is 5.91. The molecule has 0 bridgehead atoms. The molecule has 0 saturated carbocycles. The molecule has 0 unspecified atom stereocenters. The van der Waals surface area contributed by atoms with Crippen LogP contribution in [0.25, 0.3) is 11.5 Å². The Kier molecular flexibility index (Phi) is 6.58. The molecule has 0 fully saturated rings. The van der Waals surface area contributed by atoms with Gasteiger partial charge in [-0.2, -0.15) is 0 Å². The van der Waals surface area contributed by atoms with E-state index in [-0.39, 0.29) is 24.0 Å². The number of halogens is 1. The molecule has 25 heavy (non-hydrogen) atoms. The molecule has 0 aliphatic heterocycles. The number of aromatic nitrogens is 1. The molecule has 3 aromatic rings. The summed E-state index contributed by atoms with van der Waals surface area (Å²) in [6, 6.07) is 16.0. The highest BCUT2D eigenvalue weighted by Crippen LogP contribution is 2.19. The van der Waals surface area contributed by atoms with Crippen molar-refractivity contribution in [2.24, 2.45) is 10.7 Å². The number of oxazole rings is 1. The molecule has 0 aliphatic carbocycles. The molecule has 5 nitrogen and oxygen atoms in total. The highest BCUT2D eigenvalue weighted by molar-refractivity contribution is 14.0. The average Bonchev–Trinajstić information content (AvgIpc) is 3.05. The first-order valence-corrected chi connectivity index (χ1v) is 7.75. The summed E-state index contributed by atoms with van der Waals surface area (Å²) < 4.78 is 5.51. The summed E-state index contributed by atoms with van der Waals surface area (Å²) in [4.78, 5) is 8.74. The van der Waals surface area contributed by atoms with Gasteiger partial charge >= 0.3 is 0 Å². The molecule has 130 valence electrons. The Morgan fingerprint density at radius 2 is 1.64 bits per heavy atom. The van der Waals surface area contributed by atoms with E-state index in [1.165, 1.54) is 11.1 Å². The van der Waals surface area contributed by atoms with Crippen LogP contribution in [0.2, 0.25) is 0 Å². The van der Waals surface area contributed by atoms with Crippen molar-refractivity contribution in [3.63, 3.8) is 0 Å². The summed E-state index contributed by atoms with van der Waals surface area (Å²) in [7, 11) is 0. The van der Waals surface area contributed by atoms with E-state index in [1.54, 1.807) is 6.26 Å². The average molecular weight is 448 g/mol. The second-order valence-corrected chi connectivity index (χ2v) is 5.70. The minimum Gasteiger partial charge on any atom is -0.444 e. The number of nitrogens with one attached hydrogen (secondary N) is 1. The van der Waals surface area contributed by atoms with E-state index < -0.39 is 0 Å². The first-order chi connectivity index (χ1) is 11.6. The second kappa shape index (κ2) is 8.66. The van der Waals surface area contributed by atoms with Crippen LogP contribution in [0.3, 0.4) is 0 Å². The van der Waals surface area contributed by atoms with Gasteiger partial charge in [-0.25, -0.2) is 9.98 Å². The van der Waals surface area contributed by atoms with Crippen LogP contribution in [0.15, 0.2) is 64.2 Å². The molecular formula is C19H21IN4O. The van der Waals surface area contributed by atoms with Gasteiger partial charge in [-0.1, -0.05) is 35.4 Å². The van der Waals surface area contributed by atoms with Gasteiger partial charge in [0.25, 0.3) is 0 Å². The summed E-state index contributed by atoms with van der Waals surface area (Å²) >= 11 is 0. The quantitative estimate of drug-likeness (QED) is 0.350. The number of hydrogen-bond donors (Lipinski definition) is 2. The third-order valence-corrected chi connectivity index (χ3v) is 3.59. The Labute approximate surface area is 164 Å². The van der Waals surface area contributed by atoms with Gasteiger partial charge in [0.1, 0.15) is 12.0 Å². The zero-order valence-electron chi connectivity index (χ0n) is 14.2. The monoisotopic (exact) mass is 448 g/mol. The van der Waals surface area contributed by atoms with Crippen LogP contribution in [0.5, 0.6) is 0 Å². The number of hydrogen-bond acceptors (Lipinski definition) is 3. The molecule has 6 heteroatoms. The first kappa shape index (κ1) is 19.0. The first-order valence-electron chi connectivity index (χ1n) is 7.75. The Bertz CT molecular complexity index is 839. The van der Waals surface area contributed by atoms with Crippen LogP contribution in [0.4, 0.5) is 5.69 Å². The van der Waals surface area contributed by atoms with E-state index in [4.69, 9.17) is 10.2 Å². The van der Waals surface area contributed by atoms with Crippen LogP contribution in [0, 0.1) is 13.8 Å². The maximum atomic E-state index is 5.91. The van der Waals surface area contributed by atoms with Crippen molar-refractivity contribution in [2.75, 3.05) is 5.32 Å². The standard InChI is InChI=1S/C19H20N4O.HI/c1-13-3-7-15(8-4-13)18-22-17(12-24-18)11-21-19(20)23-16-9-5-14(2)6-10-16;/h3-10,12H,11H2,1-2H3,(H3,20,21,23);1H. The molecule has 2 aromatic carbocycles. The van der Waals surface area contributed by atoms with Crippen molar-refractivity contribution in [1.29, 1.82) is 0 Å². The smallest absolute Gasteiger partial charge is 0.226 e. The predicted octanol–water partition coefficient (Wildman–Crippen LogP) is 4.50. The summed E-state index contributed by atoms with van der Waals surface area (Å²) in [5, 5.41) is 3.05. The molecule has 0 radical (unpaired) electrons. The van der Waals surface area contributed by atoms with Crippen molar-refractivity contribution in [3.05, 3.63) is 71.6 Å². The van der Waals surface area contributed by atoms with Gasteiger partial charge in [0.2, 0.25) is 5.89 Å². The van der Waals surface area contributed by atoms with Crippen LogP contribution in [-0.4, -0.2) is 10.9 Å². The van der Waals surface area contributed by atoms with Gasteiger partial charge in [0, 0.05) is 11.3 Å². The van der Waals surface area contributed by atoms with E-state index in [9.17, 15) is 0 Å². The Balaban J connectivity index is 0.00000225.